The molecule has 2 atom stereocenters. The first kappa shape index (κ1) is 19.3. The Kier molecular flexibility index (Phi) is 5.15. The number of amides is 1. The van der Waals surface area contributed by atoms with E-state index in [9.17, 15) is 4.79 Å². The van der Waals surface area contributed by atoms with Crippen molar-refractivity contribution in [1.82, 2.24) is 20.3 Å². The number of rotatable bonds is 5. The van der Waals surface area contributed by atoms with Crippen LogP contribution in [-0.4, -0.2) is 40.0 Å². The summed E-state index contributed by atoms with van der Waals surface area (Å²) in [7, 11) is 0. The topological polar surface area (TPSA) is 97.0 Å². The first-order valence-electron chi connectivity index (χ1n) is 9.93. The van der Waals surface area contributed by atoms with Crippen molar-refractivity contribution in [1.29, 1.82) is 0 Å². The van der Waals surface area contributed by atoms with Gasteiger partial charge in [-0.15, -0.1) is 0 Å². The summed E-state index contributed by atoms with van der Waals surface area (Å²) in [4.78, 5) is 26.9. The molecule has 150 valence electrons. The lowest BCUT2D eigenvalue weighted by molar-refractivity contribution is 0.0990. The van der Waals surface area contributed by atoms with E-state index >= 15 is 0 Å². The number of nitrogens with one attached hydrogen (secondary N) is 1. The van der Waals surface area contributed by atoms with E-state index < -0.39 is 5.91 Å². The molecule has 1 aliphatic heterocycles. The fourth-order valence-corrected chi connectivity index (χ4v) is 4.07. The predicted octanol–water partition coefficient (Wildman–Crippen LogP) is 2.67. The second-order valence-corrected chi connectivity index (χ2v) is 7.68. The monoisotopic (exact) mass is 390 g/mol. The van der Waals surface area contributed by atoms with Crippen LogP contribution in [0.15, 0.2) is 36.5 Å². The Balaban J connectivity index is 1.51. The predicted molar refractivity (Wildman–Crippen MR) is 114 cm³/mol. The highest BCUT2D eigenvalue weighted by atomic mass is 16.1. The van der Waals surface area contributed by atoms with E-state index in [1.54, 1.807) is 0 Å². The molecule has 0 aliphatic carbocycles. The Bertz CT molecular complexity index is 1060. The van der Waals surface area contributed by atoms with Crippen molar-refractivity contribution < 1.29 is 4.79 Å². The van der Waals surface area contributed by atoms with Gasteiger partial charge in [0.05, 0.1) is 5.52 Å². The van der Waals surface area contributed by atoms with E-state index in [1.807, 2.05) is 32.2 Å². The number of hydrogen-bond acceptors (Lipinski definition) is 6. The highest BCUT2D eigenvalue weighted by Gasteiger charge is 2.27. The summed E-state index contributed by atoms with van der Waals surface area (Å²) >= 11 is 0. The van der Waals surface area contributed by atoms with Gasteiger partial charge in [0.25, 0.3) is 5.91 Å². The van der Waals surface area contributed by atoms with Crippen molar-refractivity contribution in [3.63, 3.8) is 0 Å². The standard InChI is InChI=1S/C22H26N6O/c1-13-14(2)26-21(20(23)29)27-22(13)28-11-9-16(12-28)25-15(3)17-6-4-8-19-18(17)7-5-10-24-19/h4-8,10,15-16,25H,9,11-12H2,1-3H3,(H2,23,29)/t15?,16-/m1/s1. The average Bonchev–Trinajstić information content (AvgIpc) is 3.17. The van der Waals surface area contributed by atoms with Crippen molar-refractivity contribution >= 4 is 22.6 Å². The molecule has 4 rings (SSSR count). The number of aromatic nitrogens is 3. The maximum atomic E-state index is 11.6. The summed E-state index contributed by atoms with van der Waals surface area (Å²) in [5.41, 5.74) is 9.44. The molecule has 1 amide bonds. The third-order valence-corrected chi connectivity index (χ3v) is 5.70. The highest BCUT2D eigenvalue weighted by Crippen LogP contribution is 2.27. The van der Waals surface area contributed by atoms with Gasteiger partial charge in [0.1, 0.15) is 5.82 Å². The van der Waals surface area contributed by atoms with E-state index in [1.165, 1.54) is 10.9 Å². The molecule has 3 N–H and O–H groups in total. The zero-order valence-electron chi connectivity index (χ0n) is 17.0. The number of aryl methyl sites for hydroxylation is 1. The van der Waals surface area contributed by atoms with Crippen LogP contribution in [-0.2, 0) is 0 Å². The van der Waals surface area contributed by atoms with Crippen LogP contribution < -0.4 is 16.0 Å². The minimum absolute atomic E-state index is 0.0798. The molecule has 3 heterocycles. The lowest BCUT2D eigenvalue weighted by atomic mass is 10.0. The SMILES string of the molecule is Cc1nc(C(N)=O)nc(N2CC[C@@H](NC(C)c3cccc4ncccc34)C2)c1C. The first-order chi connectivity index (χ1) is 13.9. The Hall–Kier alpha value is -3.06. The van der Waals surface area contributed by atoms with Crippen LogP contribution >= 0.6 is 0 Å². The normalized spacial score (nSPS) is 17.6. The molecule has 0 bridgehead atoms. The van der Waals surface area contributed by atoms with Crippen molar-refractivity contribution in [2.75, 3.05) is 18.0 Å². The van der Waals surface area contributed by atoms with Crippen LogP contribution in [0.5, 0.6) is 0 Å². The van der Waals surface area contributed by atoms with Gasteiger partial charge in [0.15, 0.2) is 0 Å². The number of anilines is 1. The van der Waals surface area contributed by atoms with Gasteiger partial charge in [-0.1, -0.05) is 18.2 Å². The van der Waals surface area contributed by atoms with Gasteiger partial charge < -0.3 is 16.0 Å². The van der Waals surface area contributed by atoms with Crippen molar-refractivity contribution in [3.05, 3.63) is 59.2 Å². The van der Waals surface area contributed by atoms with Crippen molar-refractivity contribution in [2.45, 2.75) is 39.3 Å². The number of pyridine rings is 1. The zero-order chi connectivity index (χ0) is 20.5. The fourth-order valence-electron chi connectivity index (χ4n) is 4.07. The van der Waals surface area contributed by atoms with Crippen LogP contribution in [0.4, 0.5) is 5.82 Å². The molecule has 2 aromatic heterocycles. The molecule has 0 saturated carbocycles. The van der Waals surface area contributed by atoms with Crippen LogP contribution in [0.2, 0.25) is 0 Å². The summed E-state index contributed by atoms with van der Waals surface area (Å²) in [6, 6.07) is 10.9. The summed E-state index contributed by atoms with van der Waals surface area (Å²) in [6.07, 6.45) is 2.83. The van der Waals surface area contributed by atoms with E-state index in [0.29, 0.717) is 6.04 Å². The number of fused-ring (bicyclic) bond motifs is 1. The summed E-state index contributed by atoms with van der Waals surface area (Å²) in [6.45, 7) is 7.76. The van der Waals surface area contributed by atoms with E-state index in [-0.39, 0.29) is 11.9 Å². The number of carbonyl (C=O) groups excluding carboxylic acids is 1. The molecule has 29 heavy (non-hydrogen) atoms. The number of hydrogen-bond donors (Lipinski definition) is 2. The van der Waals surface area contributed by atoms with Gasteiger partial charge in [-0.2, -0.15) is 0 Å². The number of benzene rings is 1. The van der Waals surface area contributed by atoms with Gasteiger partial charge in [-0.3, -0.25) is 9.78 Å². The number of nitrogens with zero attached hydrogens (tertiary/aromatic N) is 4. The van der Waals surface area contributed by atoms with Crippen molar-refractivity contribution in [3.8, 4) is 0 Å². The van der Waals surface area contributed by atoms with Gasteiger partial charge in [-0.05, 0) is 44.9 Å². The van der Waals surface area contributed by atoms with Crippen LogP contribution in [0.25, 0.3) is 10.9 Å². The Morgan fingerprint density at radius 3 is 2.86 bits per heavy atom. The molecular weight excluding hydrogens is 364 g/mol. The van der Waals surface area contributed by atoms with E-state index in [4.69, 9.17) is 5.73 Å². The number of carbonyl (C=O) groups is 1. The minimum Gasteiger partial charge on any atom is -0.363 e. The summed E-state index contributed by atoms with van der Waals surface area (Å²) in [5, 5.41) is 4.93. The minimum atomic E-state index is -0.596. The molecule has 1 aromatic carbocycles. The van der Waals surface area contributed by atoms with E-state index in [0.717, 1.165) is 42.1 Å². The van der Waals surface area contributed by atoms with Gasteiger partial charge in [0, 0.05) is 48.0 Å². The molecule has 7 nitrogen and oxygen atoms in total. The molecule has 1 fully saturated rings. The molecule has 7 heteroatoms. The van der Waals surface area contributed by atoms with E-state index in [2.05, 4.69) is 50.3 Å². The first-order valence-corrected chi connectivity index (χ1v) is 9.93. The second-order valence-electron chi connectivity index (χ2n) is 7.68. The van der Waals surface area contributed by atoms with Crippen molar-refractivity contribution in [2.24, 2.45) is 5.73 Å². The Labute approximate surface area is 170 Å². The maximum absolute atomic E-state index is 11.6. The molecule has 1 unspecified atom stereocenters. The Morgan fingerprint density at radius 1 is 1.24 bits per heavy atom. The zero-order valence-corrected chi connectivity index (χ0v) is 17.0. The third-order valence-electron chi connectivity index (χ3n) is 5.70. The molecule has 1 saturated heterocycles. The quantitative estimate of drug-likeness (QED) is 0.695. The molecule has 0 spiro atoms. The second kappa shape index (κ2) is 7.75. The average molecular weight is 390 g/mol. The van der Waals surface area contributed by atoms with Crippen LogP contribution in [0.3, 0.4) is 0 Å². The summed E-state index contributed by atoms with van der Waals surface area (Å²) in [5.74, 6) is 0.287. The fraction of sp³-hybridized carbons (Fsp3) is 0.364. The third kappa shape index (κ3) is 3.78. The smallest absolute Gasteiger partial charge is 0.286 e. The lowest BCUT2D eigenvalue weighted by Gasteiger charge is -2.23. The van der Waals surface area contributed by atoms with Gasteiger partial charge in [0.2, 0.25) is 5.82 Å². The molecule has 3 aromatic rings. The molecule has 1 aliphatic rings. The van der Waals surface area contributed by atoms with Gasteiger partial charge >= 0.3 is 0 Å². The van der Waals surface area contributed by atoms with Crippen LogP contribution in [0, 0.1) is 13.8 Å². The number of primary amides is 1. The van der Waals surface area contributed by atoms with Crippen LogP contribution in [0.1, 0.15) is 46.8 Å². The highest BCUT2D eigenvalue weighted by molar-refractivity contribution is 5.89. The Morgan fingerprint density at radius 2 is 2.07 bits per heavy atom. The number of nitrogens with two attached hydrogens (primary N) is 1. The maximum Gasteiger partial charge on any atom is 0.286 e. The molecule has 0 radical (unpaired) electrons. The lowest BCUT2D eigenvalue weighted by Crippen LogP contribution is -2.35. The van der Waals surface area contributed by atoms with Gasteiger partial charge in [-0.25, -0.2) is 9.97 Å². The summed E-state index contributed by atoms with van der Waals surface area (Å²) < 4.78 is 0. The molecular formula is C22H26N6O. The largest absolute Gasteiger partial charge is 0.363 e.